The highest BCUT2D eigenvalue weighted by Gasteiger charge is 2.07. The van der Waals surface area contributed by atoms with E-state index in [2.05, 4.69) is 15.8 Å². The molecule has 0 bridgehead atoms. The van der Waals surface area contributed by atoms with Crippen LogP contribution < -0.4 is 25.0 Å². The van der Waals surface area contributed by atoms with Crippen molar-refractivity contribution in [2.75, 3.05) is 25.1 Å². The number of carbonyl (C=O) groups excluding carboxylic acids is 1. The van der Waals surface area contributed by atoms with E-state index in [-0.39, 0.29) is 0 Å². The normalized spacial score (nSPS) is 10.6. The van der Waals surface area contributed by atoms with Crippen molar-refractivity contribution in [1.82, 2.24) is 5.43 Å². The number of anilines is 1. The lowest BCUT2D eigenvalue weighted by molar-refractivity contribution is 0.208. The number of urea groups is 1. The minimum atomic E-state index is -0.425. The largest absolute Gasteiger partial charge is 0.490 e. The molecular formula is C25H27N3O4. The number of hydrogen-bond donors (Lipinski definition) is 2. The van der Waals surface area contributed by atoms with Gasteiger partial charge in [0, 0.05) is 5.69 Å². The van der Waals surface area contributed by atoms with Crippen LogP contribution in [0, 0.1) is 6.92 Å². The van der Waals surface area contributed by atoms with Crippen LogP contribution in [0.1, 0.15) is 18.1 Å². The van der Waals surface area contributed by atoms with Crippen LogP contribution in [-0.2, 0) is 0 Å². The molecule has 0 fully saturated rings. The zero-order chi connectivity index (χ0) is 22.6. The Morgan fingerprint density at radius 3 is 2.41 bits per heavy atom. The number of hydrogen-bond acceptors (Lipinski definition) is 5. The second kappa shape index (κ2) is 12.0. The first-order valence-electron chi connectivity index (χ1n) is 10.4. The summed E-state index contributed by atoms with van der Waals surface area (Å²) in [5.41, 5.74) is 5.07. The minimum Gasteiger partial charge on any atom is -0.490 e. The highest BCUT2D eigenvalue weighted by atomic mass is 16.5. The lowest BCUT2D eigenvalue weighted by atomic mass is 10.2. The Morgan fingerprint density at radius 2 is 1.66 bits per heavy atom. The van der Waals surface area contributed by atoms with Gasteiger partial charge < -0.3 is 19.5 Å². The Hall–Kier alpha value is -4.00. The zero-order valence-electron chi connectivity index (χ0n) is 18.2. The van der Waals surface area contributed by atoms with Gasteiger partial charge in [0.2, 0.25) is 0 Å². The molecule has 0 saturated carbocycles. The summed E-state index contributed by atoms with van der Waals surface area (Å²) in [4.78, 5) is 11.9. The van der Waals surface area contributed by atoms with Gasteiger partial charge in [0.05, 0.1) is 12.8 Å². The van der Waals surface area contributed by atoms with E-state index in [1.54, 1.807) is 18.2 Å². The number of nitrogens with one attached hydrogen (secondary N) is 2. The van der Waals surface area contributed by atoms with Crippen molar-refractivity contribution >= 4 is 17.9 Å². The molecule has 7 nitrogen and oxygen atoms in total. The summed E-state index contributed by atoms with van der Waals surface area (Å²) in [6.45, 7) is 5.22. The highest BCUT2D eigenvalue weighted by Crippen LogP contribution is 2.28. The molecule has 0 atom stereocenters. The first-order valence-corrected chi connectivity index (χ1v) is 10.4. The van der Waals surface area contributed by atoms with Crippen LogP contribution in [0.15, 0.2) is 77.9 Å². The SMILES string of the molecule is CCOc1cc(C=NNC(=O)Nc2ccccc2)ccc1OCCOc1ccc(C)cc1. The molecule has 0 aliphatic heterocycles. The predicted octanol–water partition coefficient (Wildman–Crippen LogP) is 5.01. The minimum absolute atomic E-state index is 0.378. The number of para-hydroxylation sites is 1. The van der Waals surface area contributed by atoms with Crippen molar-refractivity contribution in [1.29, 1.82) is 0 Å². The average Bonchev–Trinajstić information content (AvgIpc) is 2.80. The molecular weight excluding hydrogens is 406 g/mol. The maximum atomic E-state index is 11.9. The monoisotopic (exact) mass is 433 g/mol. The van der Waals surface area contributed by atoms with Crippen LogP contribution >= 0.6 is 0 Å². The van der Waals surface area contributed by atoms with Gasteiger partial charge in [-0.2, -0.15) is 5.10 Å². The molecule has 32 heavy (non-hydrogen) atoms. The fraction of sp³-hybridized carbons (Fsp3) is 0.200. The Balaban J connectivity index is 1.50. The number of benzene rings is 3. The number of ether oxygens (including phenoxy) is 3. The summed E-state index contributed by atoms with van der Waals surface area (Å²) < 4.78 is 17.2. The van der Waals surface area contributed by atoms with E-state index in [0.29, 0.717) is 37.0 Å². The number of hydrazone groups is 1. The van der Waals surface area contributed by atoms with Crippen LogP contribution in [0.3, 0.4) is 0 Å². The molecule has 3 aromatic rings. The topological polar surface area (TPSA) is 81.2 Å². The molecule has 3 rings (SSSR count). The molecule has 166 valence electrons. The quantitative estimate of drug-likeness (QED) is 0.268. The van der Waals surface area contributed by atoms with E-state index < -0.39 is 6.03 Å². The van der Waals surface area contributed by atoms with Crippen LogP contribution in [0.4, 0.5) is 10.5 Å². The van der Waals surface area contributed by atoms with E-state index in [9.17, 15) is 4.79 Å². The Labute approximate surface area is 188 Å². The number of nitrogens with zero attached hydrogens (tertiary/aromatic N) is 1. The summed E-state index contributed by atoms with van der Waals surface area (Å²) in [7, 11) is 0. The summed E-state index contributed by atoms with van der Waals surface area (Å²) in [5, 5.41) is 6.67. The van der Waals surface area contributed by atoms with E-state index in [1.807, 2.05) is 68.4 Å². The van der Waals surface area contributed by atoms with Crippen molar-refractivity contribution in [2.45, 2.75) is 13.8 Å². The lowest BCUT2D eigenvalue weighted by Crippen LogP contribution is -2.24. The molecule has 2 N–H and O–H groups in total. The molecule has 0 heterocycles. The van der Waals surface area contributed by atoms with Gasteiger partial charge in [-0.3, -0.25) is 0 Å². The molecule has 2 amide bonds. The smallest absolute Gasteiger partial charge is 0.339 e. The highest BCUT2D eigenvalue weighted by molar-refractivity contribution is 5.90. The molecule has 0 aliphatic carbocycles. The molecule has 0 aromatic heterocycles. The first-order chi connectivity index (χ1) is 15.6. The molecule has 0 saturated heterocycles. The second-order valence-corrected chi connectivity index (χ2v) is 6.84. The van der Waals surface area contributed by atoms with Gasteiger partial charge in [-0.05, 0) is 61.9 Å². The third-order valence-electron chi connectivity index (χ3n) is 4.31. The van der Waals surface area contributed by atoms with Crippen LogP contribution in [0.2, 0.25) is 0 Å². The van der Waals surface area contributed by atoms with Crippen molar-refractivity contribution in [2.24, 2.45) is 5.10 Å². The summed E-state index contributed by atoms with van der Waals surface area (Å²) in [6, 6.07) is 22.0. The van der Waals surface area contributed by atoms with Gasteiger partial charge in [0.15, 0.2) is 11.5 Å². The fourth-order valence-corrected chi connectivity index (χ4v) is 2.78. The van der Waals surface area contributed by atoms with Crippen LogP contribution in [0.5, 0.6) is 17.2 Å². The van der Waals surface area contributed by atoms with Crippen molar-refractivity contribution in [3.05, 3.63) is 83.9 Å². The Morgan fingerprint density at radius 1 is 0.906 bits per heavy atom. The number of aryl methyl sites for hydroxylation is 1. The zero-order valence-corrected chi connectivity index (χ0v) is 18.2. The predicted molar refractivity (Wildman–Crippen MR) is 126 cm³/mol. The molecule has 0 aliphatic rings. The van der Waals surface area contributed by atoms with Gasteiger partial charge in [0.1, 0.15) is 19.0 Å². The van der Waals surface area contributed by atoms with Gasteiger partial charge in [-0.25, -0.2) is 10.2 Å². The van der Waals surface area contributed by atoms with Gasteiger partial charge in [0.25, 0.3) is 0 Å². The standard InChI is InChI=1S/C25H27N3O4/c1-3-30-24-17-20(18-26-28-25(29)27-21-7-5-4-6-8-21)11-14-23(24)32-16-15-31-22-12-9-19(2)10-13-22/h4-14,17-18H,3,15-16H2,1-2H3,(H2,27,28,29). The van der Waals surface area contributed by atoms with Crippen molar-refractivity contribution < 1.29 is 19.0 Å². The lowest BCUT2D eigenvalue weighted by Gasteiger charge is -2.13. The average molecular weight is 434 g/mol. The Bertz CT molecular complexity index is 1020. The van der Waals surface area contributed by atoms with Crippen molar-refractivity contribution in [3.63, 3.8) is 0 Å². The number of rotatable bonds is 10. The summed E-state index contributed by atoms with van der Waals surface area (Å²) in [5.74, 6) is 2.02. The van der Waals surface area contributed by atoms with E-state index in [1.165, 1.54) is 11.8 Å². The third-order valence-corrected chi connectivity index (χ3v) is 4.31. The van der Waals surface area contributed by atoms with Crippen LogP contribution in [0.25, 0.3) is 0 Å². The third kappa shape index (κ3) is 7.36. The van der Waals surface area contributed by atoms with E-state index in [4.69, 9.17) is 14.2 Å². The number of carbonyl (C=O) groups is 1. The Kier molecular flexibility index (Phi) is 8.50. The van der Waals surface area contributed by atoms with Crippen LogP contribution in [-0.4, -0.2) is 32.1 Å². The molecule has 7 heteroatoms. The number of amides is 2. The summed E-state index contributed by atoms with van der Waals surface area (Å²) in [6.07, 6.45) is 1.54. The second-order valence-electron chi connectivity index (χ2n) is 6.84. The van der Waals surface area contributed by atoms with Gasteiger partial charge in [-0.1, -0.05) is 35.9 Å². The molecule has 0 spiro atoms. The summed E-state index contributed by atoms with van der Waals surface area (Å²) >= 11 is 0. The van der Waals surface area contributed by atoms with Crippen molar-refractivity contribution in [3.8, 4) is 17.2 Å². The maximum absolute atomic E-state index is 11.9. The van der Waals surface area contributed by atoms with Gasteiger partial charge >= 0.3 is 6.03 Å². The van der Waals surface area contributed by atoms with Gasteiger partial charge in [-0.15, -0.1) is 0 Å². The fourth-order valence-electron chi connectivity index (χ4n) is 2.78. The molecule has 0 unspecified atom stereocenters. The molecule has 0 radical (unpaired) electrons. The maximum Gasteiger partial charge on any atom is 0.339 e. The van der Waals surface area contributed by atoms with E-state index in [0.717, 1.165) is 11.3 Å². The first kappa shape index (κ1) is 22.7. The molecule has 3 aromatic carbocycles. The van der Waals surface area contributed by atoms with E-state index >= 15 is 0 Å².